The van der Waals surface area contributed by atoms with E-state index in [1.807, 2.05) is 0 Å². The first-order chi connectivity index (χ1) is 16.2. The number of carboxylic acid groups (broad SMARTS) is 3. The van der Waals surface area contributed by atoms with E-state index < -0.39 is 24.0 Å². The lowest BCUT2D eigenvalue weighted by molar-refractivity contribution is -0.139. The first kappa shape index (κ1) is 36.9. The van der Waals surface area contributed by atoms with Crippen molar-refractivity contribution in [1.29, 1.82) is 0 Å². The molecule has 34 heavy (non-hydrogen) atoms. The van der Waals surface area contributed by atoms with Crippen LogP contribution in [0.5, 0.6) is 0 Å². The van der Waals surface area contributed by atoms with Crippen LogP contribution in [0.1, 0.15) is 122 Å². The zero-order valence-electron chi connectivity index (χ0n) is 21.1. The number of rotatable bonds is 21. The summed E-state index contributed by atoms with van der Waals surface area (Å²) < 4.78 is 0. The molecule has 9 heteroatoms. The largest absolute Gasteiger partial charge is 0.481 e. The summed E-state index contributed by atoms with van der Waals surface area (Å²) in [5, 5.41) is 48.8. The Morgan fingerprint density at radius 3 is 0.941 bits per heavy atom. The SMILES string of the molecule is CCCCCCCCCCCCCCCC(=O)O.O=C(O)CCCCC(=O)O.OCC(O)CO. The molecule has 0 atom stereocenters. The summed E-state index contributed by atoms with van der Waals surface area (Å²) in [6, 6.07) is 0. The van der Waals surface area contributed by atoms with Crippen LogP contribution < -0.4 is 0 Å². The highest BCUT2D eigenvalue weighted by molar-refractivity contribution is 5.68. The first-order valence-electron chi connectivity index (χ1n) is 12.8. The quantitative estimate of drug-likeness (QED) is 0.125. The normalized spacial score (nSPS) is 10.1. The molecular weight excluding hydrogens is 444 g/mol. The third-order valence-electron chi connectivity index (χ3n) is 4.95. The number of carboxylic acids is 3. The van der Waals surface area contributed by atoms with Crippen LogP contribution in [0.4, 0.5) is 0 Å². The van der Waals surface area contributed by atoms with Crippen LogP contribution in [-0.2, 0) is 14.4 Å². The Labute approximate surface area is 205 Å². The molecular formula is C25H50O9. The second-order valence-electron chi connectivity index (χ2n) is 8.40. The molecule has 9 nitrogen and oxygen atoms in total. The van der Waals surface area contributed by atoms with E-state index in [0.717, 1.165) is 12.8 Å². The van der Waals surface area contributed by atoms with Gasteiger partial charge in [0.25, 0.3) is 0 Å². The third kappa shape index (κ3) is 44.0. The van der Waals surface area contributed by atoms with Gasteiger partial charge < -0.3 is 30.6 Å². The Kier molecular flexibility index (Phi) is 33.9. The van der Waals surface area contributed by atoms with Gasteiger partial charge in [-0.15, -0.1) is 0 Å². The molecule has 0 aliphatic rings. The number of carbonyl (C=O) groups is 3. The summed E-state index contributed by atoms with van der Waals surface area (Å²) in [6.07, 6.45) is 17.3. The summed E-state index contributed by atoms with van der Waals surface area (Å²) in [5.41, 5.74) is 0. The van der Waals surface area contributed by atoms with Gasteiger partial charge in [0.15, 0.2) is 0 Å². The maximum atomic E-state index is 10.3. The zero-order valence-corrected chi connectivity index (χ0v) is 21.1. The van der Waals surface area contributed by atoms with Gasteiger partial charge >= 0.3 is 17.9 Å². The topological polar surface area (TPSA) is 173 Å². The fourth-order valence-corrected chi connectivity index (χ4v) is 2.90. The molecule has 0 rings (SSSR count). The maximum Gasteiger partial charge on any atom is 0.303 e. The summed E-state index contributed by atoms with van der Waals surface area (Å²) in [6.45, 7) is 1.53. The van der Waals surface area contributed by atoms with Gasteiger partial charge in [-0.05, 0) is 19.3 Å². The lowest BCUT2D eigenvalue weighted by Crippen LogP contribution is -2.15. The van der Waals surface area contributed by atoms with Crippen LogP contribution in [0.3, 0.4) is 0 Å². The van der Waals surface area contributed by atoms with Crippen LogP contribution in [0.15, 0.2) is 0 Å². The van der Waals surface area contributed by atoms with E-state index in [9.17, 15) is 14.4 Å². The molecule has 6 N–H and O–H groups in total. The third-order valence-corrected chi connectivity index (χ3v) is 4.95. The molecule has 0 heterocycles. The summed E-state index contributed by atoms with van der Waals surface area (Å²) in [5.74, 6) is -2.39. The first-order valence-corrected chi connectivity index (χ1v) is 12.8. The highest BCUT2D eigenvalue weighted by atomic mass is 16.4. The Bertz CT molecular complexity index is 436. The minimum Gasteiger partial charge on any atom is -0.481 e. The van der Waals surface area contributed by atoms with Crippen LogP contribution in [0.2, 0.25) is 0 Å². The maximum absolute atomic E-state index is 10.3. The van der Waals surface area contributed by atoms with Crippen molar-refractivity contribution < 1.29 is 45.0 Å². The predicted molar refractivity (Wildman–Crippen MR) is 132 cm³/mol. The fourth-order valence-electron chi connectivity index (χ4n) is 2.90. The molecule has 204 valence electrons. The number of hydrogen-bond acceptors (Lipinski definition) is 6. The van der Waals surface area contributed by atoms with Crippen molar-refractivity contribution in [1.82, 2.24) is 0 Å². The Hall–Kier alpha value is -1.71. The van der Waals surface area contributed by atoms with Crippen LogP contribution in [0.25, 0.3) is 0 Å². The van der Waals surface area contributed by atoms with E-state index in [4.69, 9.17) is 30.6 Å². The minimum absolute atomic E-state index is 0.0628. The number of aliphatic hydroxyl groups is 3. The van der Waals surface area contributed by atoms with E-state index in [2.05, 4.69) is 6.92 Å². The number of aliphatic hydroxyl groups excluding tert-OH is 3. The van der Waals surface area contributed by atoms with Crippen molar-refractivity contribution in [3.63, 3.8) is 0 Å². The van der Waals surface area contributed by atoms with Crippen molar-refractivity contribution >= 4 is 17.9 Å². The van der Waals surface area contributed by atoms with E-state index in [-0.39, 0.29) is 26.1 Å². The van der Waals surface area contributed by atoms with E-state index >= 15 is 0 Å². The molecule has 0 radical (unpaired) electrons. The van der Waals surface area contributed by atoms with Gasteiger partial charge in [0.2, 0.25) is 0 Å². The van der Waals surface area contributed by atoms with E-state index in [1.165, 1.54) is 70.6 Å². The highest BCUT2D eigenvalue weighted by Gasteiger charge is 1.99. The van der Waals surface area contributed by atoms with Gasteiger partial charge in [-0.1, -0.05) is 84.0 Å². The highest BCUT2D eigenvalue weighted by Crippen LogP contribution is 2.12. The van der Waals surface area contributed by atoms with Crippen molar-refractivity contribution in [2.75, 3.05) is 13.2 Å². The molecule has 0 aromatic rings. The standard InChI is InChI=1S/C16H32O2.C6H10O4.C3H8O3/c1-2-3-4-5-6-7-8-9-10-11-12-13-14-15-16(17)18;7-5(8)3-1-2-4-6(9)10;4-1-3(6)2-5/h2-15H2,1H3,(H,17,18);1-4H2,(H,7,8)(H,9,10);3-6H,1-2H2. The zero-order chi connectivity index (χ0) is 26.5. The van der Waals surface area contributed by atoms with Gasteiger partial charge in [-0.2, -0.15) is 0 Å². The molecule has 0 amide bonds. The number of hydrogen-bond donors (Lipinski definition) is 6. The molecule has 0 aliphatic heterocycles. The van der Waals surface area contributed by atoms with E-state index in [1.54, 1.807) is 0 Å². The van der Waals surface area contributed by atoms with E-state index in [0.29, 0.717) is 19.3 Å². The lowest BCUT2D eigenvalue weighted by atomic mass is 10.0. The molecule has 0 unspecified atom stereocenters. The molecule has 0 fully saturated rings. The summed E-state index contributed by atoms with van der Waals surface area (Å²) >= 11 is 0. The fraction of sp³-hybridized carbons (Fsp3) is 0.880. The van der Waals surface area contributed by atoms with Crippen molar-refractivity contribution in [2.45, 2.75) is 129 Å². The number of aliphatic carboxylic acids is 3. The van der Waals surface area contributed by atoms with Crippen molar-refractivity contribution in [3.8, 4) is 0 Å². The molecule has 0 spiro atoms. The van der Waals surface area contributed by atoms with Gasteiger partial charge in [0.1, 0.15) is 6.10 Å². The Morgan fingerprint density at radius 2 is 0.735 bits per heavy atom. The smallest absolute Gasteiger partial charge is 0.303 e. The van der Waals surface area contributed by atoms with Gasteiger partial charge in [0, 0.05) is 19.3 Å². The van der Waals surface area contributed by atoms with Crippen LogP contribution >= 0.6 is 0 Å². The lowest BCUT2D eigenvalue weighted by Gasteiger charge is -2.02. The molecule has 0 bridgehead atoms. The second-order valence-corrected chi connectivity index (χ2v) is 8.40. The average Bonchev–Trinajstić information content (AvgIpc) is 2.79. The molecule has 0 aliphatic carbocycles. The minimum atomic E-state index is -0.954. The monoisotopic (exact) mass is 494 g/mol. The Balaban J connectivity index is -0.000000501. The Morgan fingerprint density at radius 1 is 0.500 bits per heavy atom. The van der Waals surface area contributed by atoms with Crippen molar-refractivity contribution in [3.05, 3.63) is 0 Å². The second kappa shape index (κ2) is 31.3. The van der Waals surface area contributed by atoms with Gasteiger partial charge in [-0.25, -0.2) is 0 Å². The molecule has 0 aromatic heterocycles. The molecule has 0 saturated carbocycles. The summed E-state index contributed by atoms with van der Waals surface area (Å²) in [4.78, 5) is 30.1. The molecule has 0 aromatic carbocycles. The van der Waals surface area contributed by atoms with Crippen molar-refractivity contribution in [2.24, 2.45) is 0 Å². The predicted octanol–water partition coefficient (Wildman–Crippen LogP) is 4.60. The summed E-state index contributed by atoms with van der Waals surface area (Å²) in [7, 11) is 0. The molecule has 0 saturated heterocycles. The van der Waals surface area contributed by atoms with Crippen LogP contribution in [-0.4, -0.2) is 67.9 Å². The number of unbranched alkanes of at least 4 members (excludes halogenated alkanes) is 13. The van der Waals surface area contributed by atoms with Crippen LogP contribution in [0, 0.1) is 0 Å². The van der Waals surface area contributed by atoms with Gasteiger partial charge in [0.05, 0.1) is 13.2 Å². The van der Waals surface area contributed by atoms with Gasteiger partial charge in [-0.3, -0.25) is 14.4 Å². The average molecular weight is 495 g/mol.